The first kappa shape index (κ1) is 12.1. The molecule has 0 heterocycles. The van der Waals surface area contributed by atoms with E-state index in [0.717, 1.165) is 25.3 Å². The third-order valence-corrected chi connectivity index (χ3v) is 2.43. The molecule has 1 rings (SSSR count). The minimum Gasteiger partial charge on any atom is -0.399 e. The van der Waals surface area contributed by atoms with Gasteiger partial charge in [0.25, 0.3) is 0 Å². The number of nitrogens with zero attached hydrogens (tertiary/aromatic N) is 1. The average Bonchev–Trinajstić information content (AvgIpc) is 2.16. The lowest BCUT2D eigenvalue weighted by atomic mass is 10.1. The molecule has 0 atom stereocenters. The highest BCUT2D eigenvalue weighted by atomic mass is 15.1. The molecular weight excluding hydrogens is 184 g/mol. The standard InChI is InChI=1S/C13H22N2/c1-4-15(9-11(2)3)10-12-6-5-7-13(14)8-12/h5-8,11H,4,9-10,14H2,1-3H3. The third kappa shape index (κ3) is 4.34. The minimum absolute atomic E-state index is 0.714. The summed E-state index contributed by atoms with van der Waals surface area (Å²) in [6.07, 6.45) is 0. The van der Waals surface area contributed by atoms with Crippen LogP contribution >= 0.6 is 0 Å². The Balaban J connectivity index is 2.58. The van der Waals surface area contributed by atoms with Crippen molar-refractivity contribution in [1.82, 2.24) is 4.90 Å². The normalized spacial score (nSPS) is 11.3. The van der Waals surface area contributed by atoms with E-state index >= 15 is 0 Å². The summed E-state index contributed by atoms with van der Waals surface area (Å²) in [5.74, 6) is 0.714. The van der Waals surface area contributed by atoms with Gasteiger partial charge >= 0.3 is 0 Å². The van der Waals surface area contributed by atoms with Crippen LogP contribution in [0.25, 0.3) is 0 Å². The van der Waals surface area contributed by atoms with E-state index in [1.54, 1.807) is 0 Å². The number of hydrogen-bond acceptors (Lipinski definition) is 2. The molecule has 0 aromatic heterocycles. The quantitative estimate of drug-likeness (QED) is 0.751. The summed E-state index contributed by atoms with van der Waals surface area (Å²) >= 11 is 0. The first-order chi connectivity index (χ1) is 7.11. The van der Waals surface area contributed by atoms with Gasteiger partial charge in [-0.15, -0.1) is 0 Å². The van der Waals surface area contributed by atoms with E-state index < -0.39 is 0 Å². The molecule has 0 unspecified atom stereocenters. The van der Waals surface area contributed by atoms with Crippen LogP contribution in [0.2, 0.25) is 0 Å². The smallest absolute Gasteiger partial charge is 0.0317 e. The molecule has 0 bridgehead atoms. The molecule has 15 heavy (non-hydrogen) atoms. The van der Waals surface area contributed by atoms with Gasteiger partial charge in [0, 0.05) is 18.8 Å². The zero-order valence-electron chi connectivity index (χ0n) is 10.0. The second-order valence-electron chi connectivity index (χ2n) is 4.47. The van der Waals surface area contributed by atoms with Crippen LogP contribution in [0, 0.1) is 5.92 Å². The summed E-state index contributed by atoms with van der Waals surface area (Å²) in [4.78, 5) is 2.44. The Bertz CT molecular complexity index is 294. The number of nitrogen functional groups attached to an aromatic ring is 1. The van der Waals surface area contributed by atoms with Gasteiger partial charge in [-0.1, -0.05) is 32.9 Å². The van der Waals surface area contributed by atoms with E-state index in [2.05, 4.69) is 37.8 Å². The van der Waals surface area contributed by atoms with Crippen molar-refractivity contribution in [2.45, 2.75) is 27.3 Å². The van der Waals surface area contributed by atoms with E-state index in [9.17, 15) is 0 Å². The second kappa shape index (κ2) is 5.76. The Hall–Kier alpha value is -1.02. The van der Waals surface area contributed by atoms with Crippen LogP contribution < -0.4 is 5.73 Å². The van der Waals surface area contributed by atoms with E-state index in [0.29, 0.717) is 5.92 Å². The number of hydrogen-bond donors (Lipinski definition) is 1. The van der Waals surface area contributed by atoms with Crippen molar-refractivity contribution >= 4 is 5.69 Å². The van der Waals surface area contributed by atoms with Crippen molar-refractivity contribution in [3.05, 3.63) is 29.8 Å². The Morgan fingerprint density at radius 2 is 2.07 bits per heavy atom. The first-order valence-electron chi connectivity index (χ1n) is 5.68. The van der Waals surface area contributed by atoms with Gasteiger partial charge in [-0.3, -0.25) is 4.90 Å². The molecule has 0 aliphatic carbocycles. The summed E-state index contributed by atoms with van der Waals surface area (Å²) in [5, 5.41) is 0. The van der Waals surface area contributed by atoms with Crippen molar-refractivity contribution < 1.29 is 0 Å². The molecule has 0 spiro atoms. The van der Waals surface area contributed by atoms with Crippen molar-refractivity contribution in [2.75, 3.05) is 18.8 Å². The van der Waals surface area contributed by atoms with Crippen molar-refractivity contribution in [3.8, 4) is 0 Å². The number of rotatable bonds is 5. The molecule has 0 amide bonds. The fraction of sp³-hybridized carbons (Fsp3) is 0.538. The molecule has 2 heteroatoms. The SMILES string of the molecule is CCN(Cc1cccc(N)c1)CC(C)C. The molecule has 1 aromatic rings. The van der Waals surface area contributed by atoms with Gasteiger partial charge in [-0.05, 0) is 30.2 Å². The fourth-order valence-corrected chi connectivity index (χ4v) is 1.77. The zero-order valence-corrected chi connectivity index (χ0v) is 10.0. The molecule has 0 fully saturated rings. The lowest BCUT2D eigenvalue weighted by molar-refractivity contribution is 0.248. The topological polar surface area (TPSA) is 29.3 Å². The van der Waals surface area contributed by atoms with E-state index in [4.69, 9.17) is 5.73 Å². The molecule has 2 nitrogen and oxygen atoms in total. The summed E-state index contributed by atoms with van der Waals surface area (Å²) in [7, 11) is 0. The fourth-order valence-electron chi connectivity index (χ4n) is 1.77. The van der Waals surface area contributed by atoms with E-state index in [-0.39, 0.29) is 0 Å². The maximum atomic E-state index is 5.76. The monoisotopic (exact) mass is 206 g/mol. The maximum absolute atomic E-state index is 5.76. The van der Waals surface area contributed by atoms with Crippen molar-refractivity contribution in [3.63, 3.8) is 0 Å². The lowest BCUT2D eigenvalue weighted by Gasteiger charge is -2.22. The molecule has 2 N–H and O–H groups in total. The van der Waals surface area contributed by atoms with Crippen LogP contribution in [0.4, 0.5) is 5.69 Å². The Morgan fingerprint density at radius 1 is 1.33 bits per heavy atom. The highest BCUT2D eigenvalue weighted by molar-refractivity contribution is 5.40. The molecule has 0 saturated carbocycles. The Morgan fingerprint density at radius 3 is 2.60 bits per heavy atom. The van der Waals surface area contributed by atoms with Crippen LogP contribution in [0.3, 0.4) is 0 Å². The van der Waals surface area contributed by atoms with Gasteiger partial charge in [0.15, 0.2) is 0 Å². The van der Waals surface area contributed by atoms with Gasteiger partial charge in [-0.25, -0.2) is 0 Å². The van der Waals surface area contributed by atoms with Gasteiger partial charge in [0.2, 0.25) is 0 Å². The lowest BCUT2D eigenvalue weighted by Crippen LogP contribution is -2.27. The second-order valence-corrected chi connectivity index (χ2v) is 4.47. The van der Waals surface area contributed by atoms with E-state index in [1.165, 1.54) is 5.56 Å². The predicted octanol–water partition coefficient (Wildman–Crippen LogP) is 2.75. The van der Waals surface area contributed by atoms with Crippen LogP contribution in [-0.4, -0.2) is 18.0 Å². The molecule has 0 radical (unpaired) electrons. The molecule has 0 aliphatic rings. The van der Waals surface area contributed by atoms with Gasteiger partial charge in [-0.2, -0.15) is 0 Å². The largest absolute Gasteiger partial charge is 0.399 e. The van der Waals surface area contributed by atoms with Gasteiger partial charge < -0.3 is 5.73 Å². The number of anilines is 1. The number of nitrogens with two attached hydrogens (primary N) is 1. The molecular formula is C13H22N2. The molecule has 0 saturated heterocycles. The number of benzene rings is 1. The summed E-state index contributed by atoms with van der Waals surface area (Å²) in [6.45, 7) is 9.94. The molecule has 84 valence electrons. The van der Waals surface area contributed by atoms with Crippen LogP contribution in [0.15, 0.2) is 24.3 Å². The zero-order chi connectivity index (χ0) is 11.3. The molecule has 0 aliphatic heterocycles. The maximum Gasteiger partial charge on any atom is 0.0317 e. The summed E-state index contributed by atoms with van der Waals surface area (Å²) in [5.41, 5.74) is 7.92. The van der Waals surface area contributed by atoms with Crippen molar-refractivity contribution in [1.29, 1.82) is 0 Å². The Kier molecular flexibility index (Phi) is 4.63. The van der Waals surface area contributed by atoms with Crippen LogP contribution in [0.1, 0.15) is 26.3 Å². The first-order valence-corrected chi connectivity index (χ1v) is 5.68. The summed E-state index contributed by atoms with van der Waals surface area (Å²) < 4.78 is 0. The van der Waals surface area contributed by atoms with Crippen LogP contribution in [0.5, 0.6) is 0 Å². The molecule has 1 aromatic carbocycles. The van der Waals surface area contributed by atoms with Gasteiger partial charge in [0.1, 0.15) is 0 Å². The van der Waals surface area contributed by atoms with E-state index in [1.807, 2.05) is 12.1 Å². The highest BCUT2D eigenvalue weighted by Crippen LogP contribution is 2.10. The van der Waals surface area contributed by atoms with Gasteiger partial charge in [0.05, 0.1) is 0 Å². The third-order valence-electron chi connectivity index (χ3n) is 2.43. The predicted molar refractivity (Wildman–Crippen MR) is 66.6 cm³/mol. The van der Waals surface area contributed by atoms with Crippen LogP contribution in [-0.2, 0) is 6.54 Å². The summed E-state index contributed by atoms with van der Waals surface area (Å²) in [6, 6.07) is 8.15. The average molecular weight is 206 g/mol. The minimum atomic E-state index is 0.714. The van der Waals surface area contributed by atoms with Crippen molar-refractivity contribution in [2.24, 2.45) is 5.92 Å². The Labute approximate surface area is 93.1 Å². The highest BCUT2D eigenvalue weighted by Gasteiger charge is 2.05.